The molecule has 3 rings (SSSR count). The van der Waals surface area contributed by atoms with Crippen LogP contribution in [-0.2, 0) is 0 Å². The van der Waals surface area contributed by atoms with Crippen LogP contribution in [0.2, 0.25) is 5.02 Å². The predicted octanol–water partition coefficient (Wildman–Crippen LogP) is 6.78. The Kier molecular flexibility index (Phi) is 4.04. The van der Waals surface area contributed by atoms with Gasteiger partial charge in [-0.05, 0) is 50.5 Å². The van der Waals surface area contributed by atoms with Crippen LogP contribution in [0.15, 0.2) is 46.3 Å². The van der Waals surface area contributed by atoms with Crippen LogP contribution in [0.3, 0.4) is 0 Å². The molecule has 0 aliphatic carbocycles. The quantitative estimate of drug-likeness (QED) is 0.423. The summed E-state index contributed by atoms with van der Waals surface area (Å²) in [6, 6.07) is 10.5. The highest BCUT2D eigenvalue weighted by Gasteiger charge is 2.19. The van der Waals surface area contributed by atoms with E-state index >= 15 is 0 Å². The fourth-order valence-electron chi connectivity index (χ4n) is 2.11. The van der Waals surface area contributed by atoms with Gasteiger partial charge in [0.05, 0.1) is 5.38 Å². The summed E-state index contributed by atoms with van der Waals surface area (Å²) < 4.78 is 16.1. The molecule has 1 unspecified atom stereocenters. The lowest BCUT2D eigenvalue weighted by molar-refractivity contribution is 0.613. The third-order valence-corrected chi connectivity index (χ3v) is 5.77. The van der Waals surface area contributed by atoms with Gasteiger partial charge in [0.2, 0.25) is 0 Å². The van der Waals surface area contributed by atoms with Crippen molar-refractivity contribution in [2.75, 3.05) is 0 Å². The van der Waals surface area contributed by atoms with Gasteiger partial charge in [-0.3, -0.25) is 0 Å². The third kappa shape index (κ3) is 2.48. The Morgan fingerprint density at radius 1 is 1.15 bits per heavy atom. The zero-order valence-corrected chi connectivity index (χ0v) is 14.0. The number of benzene rings is 2. The molecule has 2 aromatic carbocycles. The molecule has 0 amide bonds. The van der Waals surface area contributed by atoms with Crippen molar-refractivity contribution >= 4 is 60.6 Å². The first kappa shape index (κ1) is 14.3. The first-order chi connectivity index (χ1) is 9.58. The zero-order chi connectivity index (χ0) is 14.3. The van der Waals surface area contributed by atoms with E-state index in [0.29, 0.717) is 10.6 Å². The lowest BCUT2D eigenvalue weighted by Gasteiger charge is -2.11. The number of halogens is 4. The van der Waals surface area contributed by atoms with E-state index in [9.17, 15) is 4.39 Å². The molecule has 102 valence electrons. The second-order valence-electron chi connectivity index (χ2n) is 4.34. The van der Waals surface area contributed by atoms with Crippen LogP contribution in [0, 0.1) is 5.82 Å². The van der Waals surface area contributed by atoms with Crippen molar-refractivity contribution in [3.63, 3.8) is 0 Å². The van der Waals surface area contributed by atoms with Crippen LogP contribution in [0.4, 0.5) is 4.39 Å². The maximum atomic E-state index is 14.0. The Morgan fingerprint density at radius 2 is 1.95 bits per heavy atom. The van der Waals surface area contributed by atoms with Gasteiger partial charge < -0.3 is 0 Å². The van der Waals surface area contributed by atoms with Gasteiger partial charge in [0.1, 0.15) is 5.82 Å². The van der Waals surface area contributed by atoms with E-state index in [1.165, 1.54) is 6.07 Å². The Hall–Kier alpha value is -0.610. The number of thiophene rings is 1. The van der Waals surface area contributed by atoms with Crippen LogP contribution in [-0.4, -0.2) is 0 Å². The number of rotatable bonds is 2. The molecule has 0 aliphatic heterocycles. The van der Waals surface area contributed by atoms with Crippen molar-refractivity contribution < 1.29 is 4.39 Å². The highest BCUT2D eigenvalue weighted by atomic mass is 79.9. The van der Waals surface area contributed by atoms with E-state index in [4.69, 9.17) is 23.2 Å². The molecule has 20 heavy (non-hydrogen) atoms. The molecule has 0 aliphatic rings. The minimum Gasteiger partial charge on any atom is -0.207 e. The van der Waals surface area contributed by atoms with Crippen molar-refractivity contribution in [2.24, 2.45) is 0 Å². The van der Waals surface area contributed by atoms with Gasteiger partial charge in [-0.25, -0.2) is 4.39 Å². The molecular formula is C15H8BrCl2FS. The lowest BCUT2D eigenvalue weighted by atomic mass is 10.0. The molecule has 3 aromatic rings. The monoisotopic (exact) mass is 388 g/mol. The molecule has 5 heteroatoms. The third-order valence-electron chi connectivity index (χ3n) is 3.09. The van der Waals surface area contributed by atoms with E-state index in [1.807, 2.05) is 23.6 Å². The summed E-state index contributed by atoms with van der Waals surface area (Å²) in [6.45, 7) is 0. The van der Waals surface area contributed by atoms with E-state index in [2.05, 4.69) is 15.9 Å². The first-order valence-electron chi connectivity index (χ1n) is 5.82. The van der Waals surface area contributed by atoms with E-state index in [1.54, 1.807) is 23.5 Å². The highest BCUT2D eigenvalue weighted by molar-refractivity contribution is 9.10. The smallest absolute Gasteiger partial charge is 0.129 e. The number of alkyl halides is 1. The minimum atomic E-state index is -0.532. The fourth-order valence-corrected chi connectivity index (χ4v) is 4.35. The Labute approximate surface area is 138 Å². The molecule has 0 radical (unpaired) electrons. The van der Waals surface area contributed by atoms with Crippen molar-refractivity contribution in [3.8, 4) is 0 Å². The molecule has 1 heterocycles. The summed E-state index contributed by atoms with van der Waals surface area (Å²) in [4.78, 5) is 0. The molecule has 0 bridgehead atoms. The highest BCUT2D eigenvalue weighted by Crippen LogP contribution is 2.40. The van der Waals surface area contributed by atoms with Gasteiger partial charge in [0.25, 0.3) is 0 Å². The fraction of sp³-hybridized carbons (Fsp3) is 0.0667. The van der Waals surface area contributed by atoms with Crippen molar-refractivity contribution in [3.05, 3.63) is 68.2 Å². The van der Waals surface area contributed by atoms with Gasteiger partial charge in [0.15, 0.2) is 0 Å². The van der Waals surface area contributed by atoms with Crippen molar-refractivity contribution in [2.45, 2.75) is 5.38 Å². The zero-order valence-electron chi connectivity index (χ0n) is 10.0. The Morgan fingerprint density at radius 3 is 2.70 bits per heavy atom. The molecule has 0 spiro atoms. The maximum Gasteiger partial charge on any atom is 0.129 e. The summed E-state index contributed by atoms with van der Waals surface area (Å²) in [6.07, 6.45) is 0. The summed E-state index contributed by atoms with van der Waals surface area (Å²) in [5.74, 6) is -0.383. The summed E-state index contributed by atoms with van der Waals surface area (Å²) in [5.41, 5.74) is 1.35. The molecule has 0 saturated carbocycles. The standard InChI is InChI=1S/C15H8BrCl2FS/c16-12-3-1-2-9-11(7-20-15(9)12)14(18)10-5-4-8(17)6-13(10)19/h1-7,14H. The second-order valence-corrected chi connectivity index (χ2v) is 6.94. The molecule has 0 nitrogen and oxygen atoms in total. The molecule has 1 atom stereocenters. The van der Waals surface area contributed by atoms with E-state index < -0.39 is 5.38 Å². The first-order valence-corrected chi connectivity index (χ1v) is 8.31. The number of hydrogen-bond donors (Lipinski definition) is 0. The predicted molar refractivity (Wildman–Crippen MR) is 88.6 cm³/mol. The molecule has 0 N–H and O–H groups in total. The van der Waals surface area contributed by atoms with Crippen LogP contribution in [0.5, 0.6) is 0 Å². The Balaban J connectivity index is 2.13. The number of hydrogen-bond acceptors (Lipinski definition) is 1. The Bertz CT molecular complexity index is 785. The van der Waals surface area contributed by atoms with E-state index in [0.717, 1.165) is 20.1 Å². The van der Waals surface area contributed by atoms with Gasteiger partial charge in [-0.2, -0.15) is 0 Å². The van der Waals surface area contributed by atoms with Crippen molar-refractivity contribution in [1.82, 2.24) is 0 Å². The normalized spacial score (nSPS) is 12.8. The lowest BCUT2D eigenvalue weighted by Crippen LogP contribution is -1.96. The largest absolute Gasteiger partial charge is 0.207 e. The summed E-state index contributed by atoms with van der Waals surface area (Å²) >= 11 is 17.4. The van der Waals surface area contributed by atoms with Gasteiger partial charge in [-0.1, -0.05) is 29.8 Å². The molecule has 0 saturated heterocycles. The molecule has 1 aromatic heterocycles. The molecular weight excluding hydrogens is 382 g/mol. The van der Waals surface area contributed by atoms with Crippen molar-refractivity contribution in [1.29, 1.82) is 0 Å². The van der Waals surface area contributed by atoms with Crippen LogP contribution >= 0.6 is 50.5 Å². The second kappa shape index (κ2) is 5.64. The maximum absolute atomic E-state index is 14.0. The topological polar surface area (TPSA) is 0 Å². The van der Waals surface area contributed by atoms with Crippen LogP contribution < -0.4 is 0 Å². The van der Waals surface area contributed by atoms with Gasteiger partial charge in [0, 0.05) is 19.8 Å². The summed E-state index contributed by atoms with van der Waals surface area (Å²) in [7, 11) is 0. The van der Waals surface area contributed by atoms with Crippen LogP contribution in [0.25, 0.3) is 10.1 Å². The minimum absolute atomic E-state index is 0.369. The van der Waals surface area contributed by atoms with E-state index in [-0.39, 0.29) is 5.82 Å². The van der Waals surface area contributed by atoms with Crippen LogP contribution in [0.1, 0.15) is 16.5 Å². The number of fused-ring (bicyclic) bond motifs is 1. The SMILES string of the molecule is Fc1cc(Cl)ccc1C(Cl)c1csc2c(Br)cccc12. The van der Waals surface area contributed by atoms with Gasteiger partial charge in [-0.15, -0.1) is 22.9 Å². The van der Waals surface area contributed by atoms with Gasteiger partial charge >= 0.3 is 0 Å². The summed E-state index contributed by atoms with van der Waals surface area (Å²) in [5, 5.41) is 2.85. The average molecular weight is 390 g/mol. The average Bonchev–Trinajstić information content (AvgIpc) is 2.83. The molecule has 0 fully saturated rings.